The van der Waals surface area contributed by atoms with E-state index in [0.717, 1.165) is 18.5 Å². The monoisotopic (exact) mass is 227 g/mol. The van der Waals surface area contributed by atoms with Gasteiger partial charge in [-0.25, -0.2) is 4.39 Å². The van der Waals surface area contributed by atoms with Gasteiger partial charge in [-0.3, -0.25) is 0 Å². The van der Waals surface area contributed by atoms with E-state index in [9.17, 15) is 9.50 Å². The average molecular weight is 227 g/mol. The van der Waals surface area contributed by atoms with E-state index < -0.39 is 5.82 Å². The number of methoxy groups -OCH3 is 1. The molecule has 0 aromatic heterocycles. The fraction of sp³-hybridized carbons (Fsp3) is 0.500. The zero-order valence-corrected chi connectivity index (χ0v) is 9.66. The summed E-state index contributed by atoms with van der Waals surface area (Å²) in [5.41, 5.74) is 0.731. The van der Waals surface area contributed by atoms with Crippen molar-refractivity contribution in [2.24, 2.45) is 0 Å². The van der Waals surface area contributed by atoms with Gasteiger partial charge in [-0.1, -0.05) is 13.0 Å². The summed E-state index contributed by atoms with van der Waals surface area (Å²) in [7, 11) is 1.43. The van der Waals surface area contributed by atoms with Crippen molar-refractivity contribution in [3.63, 3.8) is 0 Å². The Hall–Kier alpha value is -1.13. The lowest BCUT2D eigenvalue weighted by atomic mass is 10.1. The van der Waals surface area contributed by atoms with Crippen LogP contribution in [-0.2, 0) is 0 Å². The van der Waals surface area contributed by atoms with E-state index in [4.69, 9.17) is 4.74 Å². The van der Waals surface area contributed by atoms with Gasteiger partial charge in [0, 0.05) is 0 Å². The first kappa shape index (κ1) is 12.9. The van der Waals surface area contributed by atoms with Gasteiger partial charge in [-0.15, -0.1) is 0 Å². The summed E-state index contributed by atoms with van der Waals surface area (Å²) in [6.45, 7) is 2.78. The first-order valence-electron chi connectivity index (χ1n) is 5.40. The van der Waals surface area contributed by atoms with Crippen molar-refractivity contribution in [3.05, 3.63) is 29.6 Å². The van der Waals surface area contributed by atoms with E-state index in [1.54, 1.807) is 12.1 Å². The zero-order valence-electron chi connectivity index (χ0n) is 9.66. The van der Waals surface area contributed by atoms with E-state index in [1.165, 1.54) is 13.2 Å². The maximum Gasteiger partial charge on any atom is 0.165 e. The standard InChI is InChI=1S/C12H18FNO2/c1-3-6-14-11(8-15)9-4-5-12(16-2)10(13)7-9/h4-5,7,11,14-15H,3,6,8H2,1-2H3. The Morgan fingerprint density at radius 2 is 2.25 bits per heavy atom. The van der Waals surface area contributed by atoms with Crippen LogP contribution in [-0.4, -0.2) is 25.4 Å². The molecular formula is C12H18FNO2. The number of rotatable bonds is 6. The molecule has 0 heterocycles. The van der Waals surface area contributed by atoms with E-state index in [-0.39, 0.29) is 18.4 Å². The highest BCUT2D eigenvalue weighted by Gasteiger charge is 2.12. The van der Waals surface area contributed by atoms with E-state index in [2.05, 4.69) is 5.32 Å². The molecule has 16 heavy (non-hydrogen) atoms. The number of nitrogens with one attached hydrogen (secondary N) is 1. The molecule has 0 aliphatic rings. The average Bonchev–Trinajstić information content (AvgIpc) is 2.30. The molecule has 0 saturated heterocycles. The first-order valence-corrected chi connectivity index (χ1v) is 5.40. The highest BCUT2D eigenvalue weighted by atomic mass is 19.1. The van der Waals surface area contributed by atoms with Crippen LogP contribution in [0.1, 0.15) is 24.9 Å². The van der Waals surface area contributed by atoms with E-state index >= 15 is 0 Å². The van der Waals surface area contributed by atoms with Gasteiger partial charge >= 0.3 is 0 Å². The van der Waals surface area contributed by atoms with Crippen molar-refractivity contribution in [1.82, 2.24) is 5.32 Å². The summed E-state index contributed by atoms with van der Waals surface area (Å²) in [6, 6.07) is 4.50. The molecule has 1 atom stereocenters. The maximum absolute atomic E-state index is 13.4. The number of benzene rings is 1. The molecule has 0 fully saturated rings. The number of halogens is 1. The smallest absolute Gasteiger partial charge is 0.165 e. The number of hydrogen-bond acceptors (Lipinski definition) is 3. The molecule has 0 spiro atoms. The Balaban J connectivity index is 2.80. The molecule has 1 rings (SSSR count). The molecule has 4 heteroatoms. The van der Waals surface area contributed by atoms with E-state index in [0.29, 0.717) is 0 Å². The molecular weight excluding hydrogens is 209 g/mol. The number of aliphatic hydroxyl groups excluding tert-OH is 1. The van der Waals surface area contributed by atoms with Crippen LogP contribution in [0.5, 0.6) is 5.75 Å². The third-order valence-electron chi connectivity index (χ3n) is 2.40. The third kappa shape index (κ3) is 3.18. The molecule has 0 amide bonds. The molecule has 0 saturated carbocycles. The fourth-order valence-corrected chi connectivity index (χ4v) is 1.51. The second-order valence-electron chi connectivity index (χ2n) is 3.58. The highest BCUT2D eigenvalue weighted by molar-refractivity contribution is 5.31. The van der Waals surface area contributed by atoms with Crippen LogP contribution in [0, 0.1) is 5.82 Å². The fourth-order valence-electron chi connectivity index (χ4n) is 1.51. The SMILES string of the molecule is CCCNC(CO)c1ccc(OC)c(F)c1. The lowest BCUT2D eigenvalue weighted by molar-refractivity contribution is 0.244. The zero-order chi connectivity index (χ0) is 12.0. The molecule has 1 aromatic rings. The molecule has 90 valence electrons. The van der Waals surface area contributed by atoms with Gasteiger partial charge in [-0.05, 0) is 30.7 Å². The van der Waals surface area contributed by atoms with Crippen LogP contribution in [0.2, 0.25) is 0 Å². The maximum atomic E-state index is 13.4. The van der Waals surface area contributed by atoms with Crippen LogP contribution in [0.4, 0.5) is 4.39 Å². The normalized spacial score (nSPS) is 12.5. The summed E-state index contributed by atoms with van der Waals surface area (Å²) in [5.74, 6) is -0.187. The van der Waals surface area contributed by atoms with Crippen molar-refractivity contribution in [2.75, 3.05) is 20.3 Å². The predicted molar refractivity (Wildman–Crippen MR) is 61.1 cm³/mol. The van der Waals surface area contributed by atoms with Crippen LogP contribution >= 0.6 is 0 Å². The van der Waals surface area contributed by atoms with Gasteiger partial charge in [-0.2, -0.15) is 0 Å². The number of aliphatic hydroxyl groups is 1. The van der Waals surface area contributed by atoms with Crippen molar-refractivity contribution in [2.45, 2.75) is 19.4 Å². The lowest BCUT2D eigenvalue weighted by Gasteiger charge is -2.16. The minimum Gasteiger partial charge on any atom is -0.494 e. The molecule has 1 unspecified atom stereocenters. The molecule has 0 aliphatic carbocycles. The molecule has 0 bridgehead atoms. The van der Waals surface area contributed by atoms with Crippen molar-refractivity contribution in [3.8, 4) is 5.75 Å². The van der Waals surface area contributed by atoms with Crippen LogP contribution < -0.4 is 10.1 Å². The quantitative estimate of drug-likeness (QED) is 0.779. The van der Waals surface area contributed by atoms with E-state index in [1.807, 2.05) is 6.92 Å². The lowest BCUT2D eigenvalue weighted by Crippen LogP contribution is -2.25. The first-order chi connectivity index (χ1) is 7.72. The molecule has 2 N–H and O–H groups in total. The molecule has 0 radical (unpaired) electrons. The van der Waals surface area contributed by atoms with Gasteiger partial charge in [0.05, 0.1) is 19.8 Å². The summed E-state index contributed by atoms with van der Waals surface area (Å²) in [6.07, 6.45) is 0.967. The topological polar surface area (TPSA) is 41.5 Å². The highest BCUT2D eigenvalue weighted by Crippen LogP contribution is 2.21. The Morgan fingerprint density at radius 3 is 2.75 bits per heavy atom. The predicted octanol–water partition coefficient (Wildman–Crippen LogP) is 1.87. The van der Waals surface area contributed by atoms with Gasteiger partial charge in [0.15, 0.2) is 11.6 Å². The Labute approximate surface area is 95.2 Å². The van der Waals surface area contributed by atoms with Crippen molar-refractivity contribution >= 4 is 0 Å². The Bertz CT molecular complexity index is 331. The second kappa shape index (κ2) is 6.45. The summed E-state index contributed by atoms with van der Waals surface area (Å²) < 4.78 is 18.3. The number of ether oxygens (including phenoxy) is 1. The Morgan fingerprint density at radius 1 is 1.50 bits per heavy atom. The third-order valence-corrected chi connectivity index (χ3v) is 2.40. The molecule has 0 aliphatic heterocycles. The van der Waals surface area contributed by atoms with Crippen LogP contribution in [0.15, 0.2) is 18.2 Å². The van der Waals surface area contributed by atoms with Crippen LogP contribution in [0.3, 0.4) is 0 Å². The summed E-state index contributed by atoms with van der Waals surface area (Å²) in [5, 5.41) is 12.3. The van der Waals surface area contributed by atoms with Gasteiger partial charge in [0.25, 0.3) is 0 Å². The van der Waals surface area contributed by atoms with Crippen LogP contribution in [0.25, 0.3) is 0 Å². The van der Waals surface area contributed by atoms with Gasteiger partial charge in [0.1, 0.15) is 0 Å². The summed E-state index contributed by atoms with van der Waals surface area (Å²) >= 11 is 0. The largest absolute Gasteiger partial charge is 0.494 e. The van der Waals surface area contributed by atoms with Gasteiger partial charge in [0.2, 0.25) is 0 Å². The van der Waals surface area contributed by atoms with Gasteiger partial charge < -0.3 is 15.2 Å². The minimum atomic E-state index is -0.406. The molecule has 1 aromatic carbocycles. The number of hydrogen-bond donors (Lipinski definition) is 2. The minimum absolute atomic E-state index is 0.0498. The second-order valence-corrected chi connectivity index (χ2v) is 3.58. The summed E-state index contributed by atoms with van der Waals surface area (Å²) in [4.78, 5) is 0. The molecule has 3 nitrogen and oxygen atoms in total. The van der Waals surface area contributed by atoms with Crippen molar-refractivity contribution in [1.29, 1.82) is 0 Å². The van der Waals surface area contributed by atoms with Crippen molar-refractivity contribution < 1.29 is 14.2 Å². The Kier molecular flexibility index (Phi) is 5.22.